The van der Waals surface area contributed by atoms with Gasteiger partial charge in [0, 0.05) is 29.7 Å². The van der Waals surface area contributed by atoms with Crippen LogP contribution in [0.1, 0.15) is 49.9 Å². The topological polar surface area (TPSA) is 118 Å². The molecule has 4 rings (SSSR count). The van der Waals surface area contributed by atoms with Crippen molar-refractivity contribution in [1.29, 1.82) is 0 Å². The van der Waals surface area contributed by atoms with Gasteiger partial charge in [-0.15, -0.1) is 0 Å². The summed E-state index contributed by atoms with van der Waals surface area (Å²) in [6.45, 7) is 3.86. The van der Waals surface area contributed by atoms with E-state index in [1.165, 1.54) is 20.5 Å². The lowest BCUT2D eigenvalue weighted by Gasteiger charge is -2.46. The number of methoxy groups -OCH3 is 2. The Bertz CT molecular complexity index is 1150. The highest BCUT2D eigenvalue weighted by molar-refractivity contribution is 5.93. The van der Waals surface area contributed by atoms with Gasteiger partial charge < -0.3 is 24.3 Å². The molecule has 188 valence electrons. The maximum Gasteiger partial charge on any atom is 0.337 e. The highest BCUT2D eigenvalue weighted by Gasteiger charge is 2.42. The fourth-order valence-electron chi connectivity index (χ4n) is 5.58. The van der Waals surface area contributed by atoms with E-state index in [1.54, 1.807) is 6.07 Å². The van der Waals surface area contributed by atoms with Crippen LogP contribution in [0.5, 0.6) is 5.75 Å². The average Bonchev–Trinajstić information content (AvgIpc) is 3.25. The summed E-state index contributed by atoms with van der Waals surface area (Å²) in [4.78, 5) is 41.7. The highest BCUT2D eigenvalue weighted by Crippen LogP contribution is 2.47. The second kappa shape index (κ2) is 10.5. The van der Waals surface area contributed by atoms with Crippen molar-refractivity contribution in [2.75, 3.05) is 27.3 Å². The number of aromatic amines is 1. The Hall–Kier alpha value is -3.33. The predicted molar refractivity (Wildman–Crippen MR) is 128 cm³/mol. The van der Waals surface area contributed by atoms with Crippen LogP contribution < -0.4 is 4.74 Å². The summed E-state index contributed by atoms with van der Waals surface area (Å²) in [7, 11) is 2.92. The maximum absolute atomic E-state index is 12.6. The first-order chi connectivity index (χ1) is 16.9. The van der Waals surface area contributed by atoms with Crippen molar-refractivity contribution in [1.82, 2.24) is 9.88 Å². The van der Waals surface area contributed by atoms with Gasteiger partial charge in [0.15, 0.2) is 0 Å². The van der Waals surface area contributed by atoms with Crippen LogP contribution in [0.2, 0.25) is 0 Å². The minimum atomic E-state index is -1.04. The number of ether oxygens (including phenoxy) is 3. The Kier molecular flexibility index (Phi) is 7.45. The second-order valence-electron chi connectivity index (χ2n) is 9.14. The lowest BCUT2D eigenvalue weighted by Crippen LogP contribution is -2.47. The molecule has 1 fully saturated rings. The van der Waals surface area contributed by atoms with Gasteiger partial charge in [-0.25, -0.2) is 4.79 Å². The third-order valence-corrected chi connectivity index (χ3v) is 7.22. The molecule has 9 nitrogen and oxygen atoms in total. The number of nitrogens with zero attached hydrogens (tertiary/aromatic N) is 1. The average molecular weight is 485 g/mol. The monoisotopic (exact) mass is 484 g/mol. The largest absolute Gasteiger partial charge is 0.504 e. The third-order valence-electron chi connectivity index (χ3n) is 7.22. The minimum Gasteiger partial charge on any atom is -0.504 e. The summed E-state index contributed by atoms with van der Waals surface area (Å²) in [5.41, 5.74) is 3.60. The van der Waals surface area contributed by atoms with Crippen molar-refractivity contribution in [3.63, 3.8) is 0 Å². The first-order valence-electron chi connectivity index (χ1n) is 12.0. The van der Waals surface area contributed by atoms with E-state index in [-0.39, 0.29) is 30.8 Å². The molecule has 3 atom stereocenters. The summed E-state index contributed by atoms with van der Waals surface area (Å²) in [6, 6.07) is 5.58. The number of piperidine rings is 1. The first kappa shape index (κ1) is 24.8. The van der Waals surface area contributed by atoms with E-state index in [1.807, 2.05) is 12.1 Å². The number of carbonyl (C=O) groups is 3. The van der Waals surface area contributed by atoms with Crippen LogP contribution in [0.4, 0.5) is 0 Å². The van der Waals surface area contributed by atoms with Crippen molar-refractivity contribution < 1.29 is 33.7 Å². The molecule has 1 aromatic heterocycles. The van der Waals surface area contributed by atoms with Gasteiger partial charge in [-0.2, -0.15) is 0 Å². The number of nitrogens with one attached hydrogen (secondary N) is 1. The van der Waals surface area contributed by atoms with E-state index in [2.05, 4.69) is 16.8 Å². The second-order valence-corrected chi connectivity index (χ2v) is 9.14. The van der Waals surface area contributed by atoms with Crippen LogP contribution in [0.25, 0.3) is 10.9 Å². The number of aromatic nitrogens is 1. The molecule has 2 aromatic rings. The number of hydrogen-bond acceptors (Lipinski definition) is 7. The van der Waals surface area contributed by atoms with Gasteiger partial charge in [0.05, 0.1) is 44.9 Å². The zero-order valence-electron chi connectivity index (χ0n) is 20.3. The van der Waals surface area contributed by atoms with Crippen LogP contribution in [-0.2, 0) is 30.3 Å². The van der Waals surface area contributed by atoms with Gasteiger partial charge in [-0.05, 0) is 42.4 Å². The molecule has 1 saturated heterocycles. The predicted octanol–water partition coefficient (Wildman–Crippen LogP) is 3.59. The van der Waals surface area contributed by atoms with Crippen LogP contribution in [0.15, 0.2) is 30.0 Å². The molecule has 0 spiro atoms. The van der Waals surface area contributed by atoms with E-state index in [9.17, 15) is 14.4 Å². The normalized spacial score (nSPS) is 22.3. The van der Waals surface area contributed by atoms with Crippen LogP contribution in [0.3, 0.4) is 0 Å². The Labute approximate surface area is 204 Å². The third kappa shape index (κ3) is 4.91. The van der Waals surface area contributed by atoms with Gasteiger partial charge in [-0.3, -0.25) is 14.5 Å². The fourth-order valence-corrected chi connectivity index (χ4v) is 5.58. The van der Waals surface area contributed by atoms with E-state index < -0.39 is 11.9 Å². The van der Waals surface area contributed by atoms with Gasteiger partial charge >= 0.3 is 17.9 Å². The van der Waals surface area contributed by atoms with Crippen molar-refractivity contribution in [2.24, 2.45) is 11.8 Å². The smallest absolute Gasteiger partial charge is 0.337 e. The maximum atomic E-state index is 12.6. The lowest BCUT2D eigenvalue weighted by atomic mass is 9.74. The molecule has 0 bridgehead atoms. The molecule has 35 heavy (non-hydrogen) atoms. The molecule has 0 amide bonds. The number of aliphatic carboxylic acids is 1. The van der Waals surface area contributed by atoms with Crippen molar-refractivity contribution in [2.45, 2.75) is 45.1 Å². The van der Waals surface area contributed by atoms with Crippen molar-refractivity contribution in [3.8, 4) is 5.75 Å². The molecule has 0 radical (unpaired) electrons. The molecule has 9 heteroatoms. The molecule has 2 N–H and O–H groups in total. The number of carbonyl (C=O) groups excluding carboxylic acids is 2. The summed E-state index contributed by atoms with van der Waals surface area (Å²) in [5, 5.41) is 9.72. The van der Waals surface area contributed by atoms with E-state index in [0.717, 1.165) is 54.5 Å². The Morgan fingerprint density at radius 3 is 2.71 bits per heavy atom. The number of carboxylic acid groups (broad SMARTS) is 1. The van der Waals surface area contributed by atoms with E-state index in [0.29, 0.717) is 17.2 Å². The molecule has 3 heterocycles. The molecule has 0 aliphatic carbocycles. The molecule has 1 aromatic carbocycles. The van der Waals surface area contributed by atoms with Gasteiger partial charge in [0.25, 0.3) is 0 Å². The van der Waals surface area contributed by atoms with Crippen molar-refractivity contribution in [3.05, 3.63) is 41.3 Å². The number of hydrogen-bond donors (Lipinski definition) is 2. The molecular weight excluding hydrogens is 452 g/mol. The number of esters is 2. The molecule has 2 aliphatic heterocycles. The number of carboxylic acids is 1. The van der Waals surface area contributed by atoms with Crippen LogP contribution in [0, 0.1) is 11.8 Å². The molecular formula is C26H32N2O7. The number of rotatable bonds is 8. The summed E-state index contributed by atoms with van der Waals surface area (Å²) in [5.74, 6) is -1.25. The summed E-state index contributed by atoms with van der Waals surface area (Å²) >= 11 is 0. The highest BCUT2D eigenvalue weighted by atomic mass is 16.5. The quantitative estimate of drug-likeness (QED) is 0.253. The number of fused-ring (bicyclic) bond motifs is 5. The number of benzene rings is 1. The molecule has 0 saturated carbocycles. The van der Waals surface area contributed by atoms with Crippen LogP contribution >= 0.6 is 0 Å². The lowest BCUT2D eigenvalue weighted by molar-refractivity contribution is -0.142. The Morgan fingerprint density at radius 1 is 1.23 bits per heavy atom. The van der Waals surface area contributed by atoms with Gasteiger partial charge in [0.1, 0.15) is 5.75 Å². The Morgan fingerprint density at radius 2 is 2.03 bits per heavy atom. The Balaban J connectivity index is 1.68. The van der Waals surface area contributed by atoms with Gasteiger partial charge in [0.2, 0.25) is 0 Å². The SMILES string of the molecule is CC[C@@H]1CN2CCc3c([nH]c4cccc(OC(=O)CCC(=O)O)c34)[C@@H]2C[C@@H]1/C(=C\OC)C(=O)OC. The molecule has 0 unspecified atom stereocenters. The fraction of sp³-hybridized carbons (Fsp3) is 0.500. The zero-order chi connectivity index (χ0) is 25.1. The first-order valence-corrected chi connectivity index (χ1v) is 12.0. The van der Waals surface area contributed by atoms with E-state index >= 15 is 0 Å². The van der Waals surface area contributed by atoms with Gasteiger partial charge in [-0.1, -0.05) is 19.4 Å². The standard InChI is InChI=1S/C26H32N2O7/c1-4-15-13-28-11-10-16-24-19(6-5-7-21(24)35-23(31)9-8-22(29)30)27-25(16)20(28)12-17(15)18(14-33-2)26(32)34-3/h5-7,14-15,17,20,27H,4,8-13H2,1-3H3,(H,29,30)/b18-14+/t15-,17+,20+/m1/s1. The molecule has 2 aliphatic rings. The zero-order valence-corrected chi connectivity index (χ0v) is 20.3. The van der Waals surface area contributed by atoms with Crippen LogP contribution in [-0.4, -0.2) is 60.2 Å². The van der Waals surface area contributed by atoms with E-state index in [4.69, 9.17) is 19.3 Å². The summed E-state index contributed by atoms with van der Waals surface area (Å²) in [6.07, 6.45) is 3.52. The minimum absolute atomic E-state index is 0.0145. The number of H-pyrrole nitrogens is 1. The van der Waals surface area contributed by atoms with Crippen molar-refractivity contribution >= 4 is 28.8 Å². The summed E-state index contributed by atoms with van der Waals surface area (Å²) < 4.78 is 15.9.